The molecule has 0 spiro atoms. The topological polar surface area (TPSA) is 46.3 Å². The highest BCUT2D eigenvalue weighted by atomic mass is 32.2. The van der Waals surface area contributed by atoms with Gasteiger partial charge < -0.3 is 10.6 Å². The van der Waals surface area contributed by atoms with E-state index >= 15 is 0 Å². The van der Waals surface area contributed by atoms with Crippen LogP contribution in [-0.2, 0) is 4.79 Å². The number of benzene rings is 1. The average Bonchev–Trinajstić information content (AvgIpc) is 2.39. The summed E-state index contributed by atoms with van der Waals surface area (Å²) in [6.07, 6.45) is 5.88. The van der Waals surface area contributed by atoms with E-state index < -0.39 is 5.82 Å². The molecular formula is C15H21FN2OS. The third-order valence-electron chi connectivity index (χ3n) is 3.54. The summed E-state index contributed by atoms with van der Waals surface area (Å²) >= 11 is 1.37. The lowest BCUT2D eigenvalue weighted by molar-refractivity contribution is -0.128. The summed E-state index contributed by atoms with van der Waals surface area (Å²) in [6.45, 7) is 1.71. The fourth-order valence-corrected chi connectivity index (χ4v) is 3.15. The number of anilines is 1. The van der Waals surface area contributed by atoms with E-state index in [4.69, 9.17) is 5.73 Å². The first-order chi connectivity index (χ1) is 9.66. The molecule has 110 valence electrons. The van der Waals surface area contributed by atoms with Crippen molar-refractivity contribution in [2.24, 2.45) is 0 Å². The Hall–Kier alpha value is -1.23. The first kappa shape index (κ1) is 15.2. The molecule has 1 aromatic rings. The highest BCUT2D eigenvalue weighted by Gasteiger charge is 2.15. The van der Waals surface area contributed by atoms with Gasteiger partial charge in [0.2, 0.25) is 5.91 Å². The minimum Gasteiger partial charge on any atom is -0.396 e. The largest absolute Gasteiger partial charge is 0.396 e. The molecule has 0 bridgehead atoms. The van der Waals surface area contributed by atoms with E-state index in [1.54, 1.807) is 6.07 Å². The van der Waals surface area contributed by atoms with Crippen molar-refractivity contribution in [1.82, 2.24) is 4.90 Å². The number of carbonyl (C=O) groups is 1. The number of halogens is 1. The van der Waals surface area contributed by atoms with E-state index in [0.29, 0.717) is 5.75 Å². The number of hydrogen-bond acceptors (Lipinski definition) is 3. The number of likely N-dealkylation sites (tertiary alicyclic amines) is 1. The Morgan fingerprint density at radius 1 is 1.20 bits per heavy atom. The zero-order chi connectivity index (χ0) is 14.4. The number of rotatable bonds is 3. The molecule has 0 unspecified atom stereocenters. The van der Waals surface area contributed by atoms with Gasteiger partial charge in [-0.05, 0) is 31.0 Å². The maximum atomic E-state index is 13.3. The molecule has 0 radical (unpaired) electrons. The van der Waals surface area contributed by atoms with Crippen LogP contribution in [0.5, 0.6) is 0 Å². The molecular weight excluding hydrogens is 275 g/mol. The van der Waals surface area contributed by atoms with Gasteiger partial charge >= 0.3 is 0 Å². The van der Waals surface area contributed by atoms with Gasteiger partial charge in [-0.1, -0.05) is 19.3 Å². The standard InChI is InChI=1S/C15H21FN2OS/c16-13-10-12(6-7-14(13)17)20-11-15(19)18-8-4-2-1-3-5-9-18/h6-7,10H,1-5,8-9,11,17H2. The van der Waals surface area contributed by atoms with Gasteiger partial charge in [-0.2, -0.15) is 0 Å². The van der Waals surface area contributed by atoms with E-state index in [9.17, 15) is 9.18 Å². The maximum Gasteiger partial charge on any atom is 0.232 e. The molecule has 0 aliphatic carbocycles. The highest BCUT2D eigenvalue weighted by Crippen LogP contribution is 2.22. The van der Waals surface area contributed by atoms with Crippen molar-refractivity contribution in [3.8, 4) is 0 Å². The van der Waals surface area contributed by atoms with Crippen LogP contribution in [-0.4, -0.2) is 29.6 Å². The second-order valence-corrected chi connectivity index (χ2v) is 6.17. The first-order valence-electron chi connectivity index (χ1n) is 7.12. The van der Waals surface area contributed by atoms with Crippen LogP contribution >= 0.6 is 11.8 Å². The fourth-order valence-electron chi connectivity index (χ4n) is 2.33. The van der Waals surface area contributed by atoms with Crippen LogP contribution in [0.4, 0.5) is 10.1 Å². The number of carbonyl (C=O) groups excluding carboxylic acids is 1. The van der Waals surface area contributed by atoms with E-state index in [1.807, 2.05) is 4.90 Å². The number of amides is 1. The Kier molecular flexibility index (Phi) is 5.71. The van der Waals surface area contributed by atoms with Crippen molar-refractivity contribution >= 4 is 23.4 Å². The fraction of sp³-hybridized carbons (Fsp3) is 0.533. The van der Waals surface area contributed by atoms with Crippen molar-refractivity contribution in [2.75, 3.05) is 24.6 Å². The highest BCUT2D eigenvalue weighted by molar-refractivity contribution is 8.00. The number of nitrogens with zero attached hydrogens (tertiary/aromatic N) is 1. The van der Waals surface area contributed by atoms with Crippen LogP contribution in [0.1, 0.15) is 32.1 Å². The van der Waals surface area contributed by atoms with Crippen LogP contribution in [0.15, 0.2) is 23.1 Å². The van der Waals surface area contributed by atoms with Crippen molar-refractivity contribution < 1.29 is 9.18 Å². The van der Waals surface area contributed by atoms with Crippen molar-refractivity contribution in [1.29, 1.82) is 0 Å². The van der Waals surface area contributed by atoms with E-state index in [0.717, 1.165) is 30.8 Å². The second-order valence-electron chi connectivity index (χ2n) is 5.12. The molecule has 3 nitrogen and oxygen atoms in total. The van der Waals surface area contributed by atoms with Gasteiger partial charge in [0.1, 0.15) is 5.82 Å². The SMILES string of the molecule is Nc1ccc(SCC(=O)N2CCCCCCC2)cc1F. The summed E-state index contributed by atoms with van der Waals surface area (Å²) in [6, 6.07) is 4.68. The Morgan fingerprint density at radius 2 is 1.85 bits per heavy atom. The van der Waals surface area contributed by atoms with E-state index in [1.165, 1.54) is 43.2 Å². The smallest absolute Gasteiger partial charge is 0.232 e. The number of nitrogens with two attached hydrogens (primary N) is 1. The maximum absolute atomic E-state index is 13.3. The van der Waals surface area contributed by atoms with Gasteiger partial charge in [-0.15, -0.1) is 11.8 Å². The second kappa shape index (κ2) is 7.53. The molecule has 0 aromatic heterocycles. The number of thioether (sulfide) groups is 1. The molecule has 1 aliphatic rings. The van der Waals surface area contributed by atoms with Crippen molar-refractivity contribution in [3.63, 3.8) is 0 Å². The lowest BCUT2D eigenvalue weighted by Crippen LogP contribution is -2.35. The minimum absolute atomic E-state index is 0.143. The third kappa shape index (κ3) is 4.40. The molecule has 5 heteroatoms. The minimum atomic E-state index is -0.422. The van der Waals surface area contributed by atoms with Gasteiger partial charge in [-0.3, -0.25) is 4.79 Å². The Bertz CT molecular complexity index is 459. The van der Waals surface area contributed by atoms with Gasteiger partial charge in [0, 0.05) is 18.0 Å². The molecule has 1 heterocycles. The van der Waals surface area contributed by atoms with E-state index in [2.05, 4.69) is 0 Å². The molecule has 2 rings (SSSR count). The van der Waals surface area contributed by atoms with Crippen LogP contribution in [0.2, 0.25) is 0 Å². The molecule has 0 atom stereocenters. The summed E-state index contributed by atoms with van der Waals surface area (Å²) in [4.78, 5) is 14.9. The summed E-state index contributed by atoms with van der Waals surface area (Å²) < 4.78 is 13.3. The molecule has 0 saturated carbocycles. The molecule has 2 N–H and O–H groups in total. The monoisotopic (exact) mass is 296 g/mol. The van der Waals surface area contributed by atoms with Crippen LogP contribution in [0.25, 0.3) is 0 Å². The van der Waals surface area contributed by atoms with Crippen molar-refractivity contribution in [2.45, 2.75) is 37.0 Å². The predicted octanol–water partition coefficient (Wildman–Crippen LogP) is 3.29. The average molecular weight is 296 g/mol. The number of hydrogen-bond donors (Lipinski definition) is 1. The predicted molar refractivity (Wildman–Crippen MR) is 81.2 cm³/mol. The summed E-state index contributed by atoms with van der Waals surface area (Å²) in [7, 11) is 0. The third-order valence-corrected chi connectivity index (χ3v) is 4.52. The zero-order valence-electron chi connectivity index (χ0n) is 11.6. The first-order valence-corrected chi connectivity index (χ1v) is 8.11. The zero-order valence-corrected chi connectivity index (χ0v) is 12.4. The Morgan fingerprint density at radius 3 is 2.50 bits per heavy atom. The van der Waals surface area contributed by atoms with Crippen molar-refractivity contribution in [3.05, 3.63) is 24.0 Å². The normalized spacial score (nSPS) is 16.6. The van der Waals surface area contributed by atoms with Crippen LogP contribution in [0.3, 0.4) is 0 Å². The van der Waals surface area contributed by atoms with E-state index in [-0.39, 0.29) is 11.6 Å². The Balaban J connectivity index is 1.85. The lowest BCUT2D eigenvalue weighted by atomic mass is 10.1. The molecule has 1 aliphatic heterocycles. The van der Waals surface area contributed by atoms with Gasteiger partial charge in [0.05, 0.1) is 11.4 Å². The molecule has 1 fully saturated rings. The summed E-state index contributed by atoms with van der Waals surface area (Å²) in [5.41, 5.74) is 5.58. The molecule has 20 heavy (non-hydrogen) atoms. The lowest BCUT2D eigenvalue weighted by Gasteiger charge is -2.24. The number of nitrogen functional groups attached to an aromatic ring is 1. The van der Waals surface area contributed by atoms with Crippen LogP contribution < -0.4 is 5.73 Å². The van der Waals surface area contributed by atoms with Crippen LogP contribution in [0, 0.1) is 5.82 Å². The van der Waals surface area contributed by atoms with Gasteiger partial charge in [-0.25, -0.2) is 4.39 Å². The molecule has 1 aromatic carbocycles. The van der Waals surface area contributed by atoms with Gasteiger partial charge in [0.15, 0.2) is 0 Å². The summed E-state index contributed by atoms with van der Waals surface area (Å²) in [5.74, 6) is 0.0893. The molecule has 1 amide bonds. The Labute approximate surface area is 123 Å². The summed E-state index contributed by atoms with van der Waals surface area (Å²) in [5, 5.41) is 0. The molecule has 1 saturated heterocycles. The van der Waals surface area contributed by atoms with Gasteiger partial charge in [0.25, 0.3) is 0 Å². The quantitative estimate of drug-likeness (QED) is 0.687.